The Morgan fingerprint density at radius 3 is 2.45 bits per heavy atom. The Morgan fingerprint density at radius 1 is 1.15 bits per heavy atom. The highest BCUT2D eigenvalue weighted by Crippen LogP contribution is 2.37. The van der Waals surface area contributed by atoms with Gasteiger partial charge < -0.3 is 5.32 Å². The first-order valence-electron chi connectivity index (χ1n) is 9.04. The molecule has 0 spiro atoms. The third-order valence-corrected chi connectivity index (χ3v) is 5.74. The Kier molecular flexibility index (Phi) is 5.92. The Hall–Kier alpha value is -0.0800. The van der Waals surface area contributed by atoms with Crippen LogP contribution in [0.25, 0.3) is 0 Å². The van der Waals surface area contributed by atoms with Crippen LogP contribution in [0.4, 0.5) is 0 Å². The second-order valence-corrected chi connectivity index (χ2v) is 7.81. The van der Waals surface area contributed by atoms with E-state index in [2.05, 4.69) is 37.9 Å². The van der Waals surface area contributed by atoms with E-state index in [0.717, 1.165) is 11.8 Å². The molecular weight excluding hydrogens is 244 g/mol. The summed E-state index contributed by atoms with van der Waals surface area (Å²) in [5.74, 6) is 1.80. The van der Waals surface area contributed by atoms with E-state index in [1.54, 1.807) is 0 Å². The summed E-state index contributed by atoms with van der Waals surface area (Å²) in [7, 11) is 0. The van der Waals surface area contributed by atoms with Gasteiger partial charge in [0.15, 0.2) is 0 Å². The van der Waals surface area contributed by atoms with Crippen molar-refractivity contribution in [3.63, 3.8) is 0 Å². The first kappa shape index (κ1) is 16.3. The maximum atomic E-state index is 3.94. The molecular formula is C18H36N2. The summed E-state index contributed by atoms with van der Waals surface area (Å²) in [5, 5.41) is 3.94. The summed E-state index contributed by atoms with van der Waals surface area (Å²) in [5.41, 5.74) is 0.313. The number of likely N-dealkylation sites (tertiary alicyclic amines) is 1. The van der Waals surface area contributed by atoms with Crippen molar-refractivity contribution in [2.24, 2.45) is 11.8 Å². The van der Waals surface area contributed by atoms with Crippen molar-refractivity contribution in [3.05, 3.63) is 0 Å². The van der Waals surface area contributed by atoms with Crippen LogP contribution in [-0.2, 0) is 0 Å². The number of rotatable bonds is 6. The molecule has 0 amide bonds. The average molecular weight is 280 g/mol. The van der Waals surface area contributed by atoms with E-state index in [-0.39, 0.29) is 0 Å². The van der Waals surface area contributed by atoms with Gasteiger partial charge >= 0.3 is 0 Å². The van der Waals surface area contributed by atoms with Crippen LogP contribution in [0, 0.1) is 11.8 Å². The third-order valence-electron chi connectivity index (χ3n) is 5.74. The zero-order chi connectivity index (χ0) is 14.6. The minimum Gasteiger partial charge on any atom is -0.312 e. The molecule has 0 radical (unpaired) electrons. The lowest BCUT2D eigenvalue weighted by molar-refractivity contribution is 0.0585. The predicted octanol–water partition coefficient (Wildman–Crippen LogP) is 4.06. The topological polar surface area (TPSA) is 15.3 Å². The second kappa shape index (κ2) is 7.26. The molecule has 2 heteroatoms. The highest BCUT2D eigenvalue weighted by Gasteiger charge is 2.41. The summed E-state index contributed by atoms with van der Waals surface area (Å²) >= 11 is 0. The lowest BCUT2D eigenvalue weighted by Crippen LogP contribution is -2.60. The van der Waals surface area contributed by atoms with Crippen molar-refractivity contribution in [3.8, 4) is 0 Å². The van der Waals surface area contributed by atoms with Crippen molar-refractivity contribution >= 4 is 0 Å². The molecule has 1 heterocycles. The molecule has 1 saturated heterocycles. The second-order valence-electron chi connectivity index (χ2n) is 7.81. The molecule has 2 rings (SSSR count). The van der Waals surface area contributed by atoms with E-state index in [9.17, 15) is 0 Å². The monoisotopic (exact) mass is 280 g/mol. The number of nitrogens with zero attached hydrogens (tertiary/aromatic N) is 1. The average Bonchev–Trinajstić information content (AvgIpc) is 2.93. The molecule has 0 aromatic rings. The van der Waals surface area contributed by atoms with Crippen molar-refractivity contribution < 1.29 is 0 Å². The fraction of sp³-hybridized carbons (Fsp3) is 1.00. The Balaban J connectivity index is 2.08. The summed E-state index contributed by atoms with van der Waals surface area (Å²) in [4.78, 5) is 2.75. The third kappa shape index (κ3) is 3.76. The van der Waals surface area contributed by atoms with Gasteiger partial charge in [-0.2, -0.15) is 0 Å². The first-order chi connectivity index (χ1) is 9.55. The van der Waals surface area contributed by atoms with E-state index in [1.165, 1.54) is 64.6 Å². The minimum atomic E-state index is 0.313. The molecule has 3 unspecified atom stereocenters. The first-order valence-corrected chi connectivity index (χ1v) is 9.04. The summed E-state index contributed by atoms with van der Waals surface area (Å²) in [6.07, 6.45) is 9.78. The SMILES string of the molecule is CCCNC(C1CCCC(C)C1)C(C)(C)N1CCCC1. The van der Waals surface area contributed by atoms with Crippen molar-refractivity contribution in [2.75, 3.05) is 19.6 Å². The van der Waals surface area contributed by atoms with E-state index < -0.39 is 0 Å². The van der Waals surface area contributed by atoms with E-state index >= 15 is 0 Å². The molecule has 118 valence electrons. The standard InChI is InChI=1S/C18H36N2/c1-5-11-19-17(16-10-8-9-15(2)14-16)18(3,4)20-12-6-7-13-20/h15-17,19H,5-14H2,1-4H3. The lowest BCUT2D eigenvalue weighted by Gasteiger charge is -2.48. The Morgan fingerprint density at radius 2 is 1.85 bits per heavy atom. The van der Waals surface area contributed by atoms with Gasteiger partial charge in [-0.15, -0.1) is 0 Å². The van der Waals surface area contributed by atoms with E-state index in [1.807, 2.05) is 0 Å². The fourth-order valence-electron chi connectivity index (χ4n) is 4.57. The van der Waals surface area contributed by atoms with E-state index in [4.69, 9.17) is 0 Å². The van der Waals surface area contributed by atoms with Gasteiger partial charge in [0.1, 0.15) is 0 Å². The molecule has 2 fully saturated rings. The maximum absolute atomic E-state index is 3.94. The van der Waals surface area contributed by atoms with E-state index in [0.29, 0.717) is 11.6 Å². The van der Waals surface area contributed by atoms with Gasteiger partial charge in [-0.25, -0.2) is 0 Å². The van der Waals surface area contributed by atoms with Crippen LogP contribution in [0.2, 0.25) is 0 Å². The molecule has 1 aliphatic heterocycles. The molecule has 2 aliphatic rings. The highest BCUT2D eigenvalue weighted by molar-refractivity contribution is 4.99. The van der Waals surface area contributed by atoms with Crippen molar-refractivity contribution in [1.82, 2.24) is 10.2 Å². The van der Waals surface area contributed by atoms with Crippen LogP contribution < -0.4 is 5.32 Å². The molecule has 0 aromatic carbocycles. The number of hydrogen-bond donors (Lipinski definition) is 1. The molecule has 1 aliphatic carbocycles. The van der Waals surface area contributed by atoms with Crippen molar-refractivity contribution in [2.45, 2.75) is 84.2 Å². The quantitative estimate of drug-likeness (QED) is 0.789. The summed E-state index contributed by atoms with van der Waals surface area (Å²) in [6.45, 7) is 13.5. The van der Waals surface area contributed by atoms with Gasteiger partial charge in [-0.1, -0.05) is 26.7 Å². The smallest absolute Gasteiger partial charge is 0.0308 e. The molecule has 2 nitrogen and oxygen atoms in total. The van der Waals surface area contributed by atoms with Crippen LogP contribution in [0.15, 0.2) is 0 Å². The van der Waals surface area contributed by atoms with Crippen LogP contribution in [0.3, 0.4) is 0 Å². The summed E-state index contributed by atoms with van der Waals surface area (Å²) < 4.78 is 0. The fourth-order valence-corrected chi connectivity index (χ4v) is 4.57. The zero-order valence-electron chi connectivity index (χ0n) is 14.3. The van der Waals surface area contributed by atoms with Crippen LogP contribution in [0.5, 0.6) is 0 Å². The minimum absolute atomic E-state index is 0.313. The maximum Gasteiger partial charge on any atom is 0.0308 e. The van der Waals surface area contributed by atoms with Crippen LogP contribution in [0.1, 0.15) is 72.6 Å². The largest absolute Gasteiger partial charge is 0.312 e. The number of nitrogens with one attached hydrogen (secondary N) is 1. The molecule has 3 atom stereocenters. The van der Waals surface area contributed by atoms with Gasteiger partial charge in [0.2, 0.25) is 0 Å². The zero-order valence-corrected chi connectivity index (χ0v) is 14.3. The van der Waals surface area contributed by atoms with Gasteiger partial charge in [-0.05, 0) is 77.4 Å². The molecule has 20 heavy (non-hydrogen) atoms. The normalized spacial score (nSPS) is 30.6. The Labute approximate surface area is 126 Å². The highest BCUT2D eigenvalue weighted by atomic mass is 15.2. The van der Waals surface area contributed by atoms with Crippen molar-refractivity contribution in [1.29, 1.82) is 0 Å². The number of hydrogen-bond acceptors (Lipinski definition) is 2. The predicted molar refractivity (Wildman–Crippen MR) is 88.1 cm³/mol. The van der Waals surface area contributed by atoms with Gasteiger partial charge in [0.05, 0.1) is 0 Å². The molecule has 0 aromatic heterocycles. The van der Waals surface area contributed by atoms with Gasteiger partial charge in [0.25, 0.3) is 0 Å². The van der Waals surface area contributed by atoms with Crippen LogP contribution in [-0.4, -0.2) is 36.1 Å². The molecule has 0 bridgehead atoms. The van der Waals surface area contributed by atoms with Crippen LogP contribution >= 0.6 is 0 Å². The molecule has 1 N–H and O–H groups in total. The Bertz CT molecular complexity index is 281. The lowest BCUT2D eigenvalue weighted by atomic mass is 9.72. The molecule has 1 saturated carbocycles. The van der Waals surface area contributed by atoms with Gasteiger partial charge in [0, 0.05) is 11.6 Å². The summed E-state index contributed by atoms with van der Waals surface area (Å²) in [6, 6.07) is 0.670. The van der Waals surface area contributed by atoms with Gasteiger partial charge in [-0.3, -0.25) is 4.90 Å².